The lowest BCUT2D eigenvalue weighted by molar-refractivity contribution is 0.597. The molecule has 0 unspecified atom stereocenters. The number of hydrogen-bond acceptors (Lipinski definition) is 4. The Labute approximate surface area is 93.0 Å². The van der Waals surface area contributed by atoms with Crippen LogP contribution in [0.25, 0.3) is 11.3 Å². The van der Waals surface area contributed by atoms with Crippen LogP contribution < -0.4 is 5.14 Å². The van der Waals surface area contributed by atoms with Gasteiger partial charge in [0.1, 0.15) is 4.90 Å². The van der Waals surface area contributed by atoms with Crippen LogP contribution in [0.2, 0.25) is 0 Å². The van der Waals surface area contributed by atoms with Gasteiger partial charge in [-0.15, -0.1) is 0 Å². The molecule has 6 heteroatoms. The van der Waals surface area contributed by atoms with Crippen LogP contribution in [0.5, 0.6) is 0 Å². The van der Waals surface area contributed by atoms with Gasteiger partial charge in [-0.25, -0.2) is 13.6 Å². The molecule has 0 radical (unpaired) electrons. The largest absolute Gasteiger partial charge is 0.264 e. The first kappa shape index (κ1) is 10.7. The summed E-state index contributed by atoms with van der Waals surface area (Å²) >= 11 is 0. The Morgan fingerprint density at radius 2 is 1.94 bits per heavy atom. The average Bonchev–Trinajstić information content (AvgIpc) is 2.29. The molecule has 2 rings (SSSR count). The molecule has 16 heavy (non-hydrogen) atoms. The second-order valence-corrected chi connectivity index (χ2v) is 4.73. The Morgan fingerprint density at radius 1 is 1.12 bits per heavy atom. The van der Waals surface area contributed by atoms with E-state index in [0.29, 0.717) is 5.69 Å². The summed E-state index contributed by atoms with van der Waals surface area (Å²) in [5.41, 5.74) is 1.48. The van der Waals surface area contributed by atoms with E-state index in [0.717, 1.165) is 5.56 Å². The van der Waals surface area contributed by atoms with Crippen LogP contribution in [0.15, 0.2) is 47.8 Å². The molecule has 0 bridgehead atoms. The Bertz CT molecular complexity index is 579. The van der Waals surface area contributed by atoms with Gasteiger partial charge in [0.15, 0.2) is 0 Å². The minimum atomic E-state index is -3.68. The summed E-state index contributed by atoms with van der Waals surface area (Å²) in [7, 11) is -3.68. The van der Waals surface area contributed by atoms with Crippen LogP contribution in [0.1, 0.15) is 0 Å². The molecule has 0 aromatic carbocycles. The molecule has 0 saturated carbocycles. The van der Waals surface area contributed by atoms with Gasteiger partial charge in [-0.3, -0.25) is 9.97 Å². The van der Waals surface area contributed by atoms with Crippen molar-refractivity contribution in [1.29, 1.82) is 0 Å². The fourth-order valence-corrected chi connectivity index (χ4v) is 1.69. The quantitative estimate of drug-likeness (QED) is 0.833. The van der Waals surface area contributed by atoms with E-state index >= 15 is 0 Å². The highest BCUT2D eigenvalue weighted by Crippen LogP contribution is 2.16. The lowest BCUT2D eigenvalue weighted by Gasteiger charge is -2.01. The Kier molecular flexibility index (Phi) is 2.67. The second kappa shape index (κ2) is 3.99. The van der Waals surface area contributed by atoms with Crippen molar-refractivity contribution in [3.05, 3.63) is 42.9 Å². The first-order valence-corrected chi connectivity index (χ1v) is 6.01. The minimum absolute atomic E-state index is 0.000130. The number of nitrogens with two attached hydrogens (primary N) is 1. The Morgan fingerprint density at radius 3 is 2.44 bits per heavy atom. The normalized spacial score (nSPS) is 11.3. The zero-order chi connectivity index (χ0) is 11.6. The highest BCUT2D eigenvalue weighted by molar-refractivity contribution is 7.89. The SMILES string of the molecule is NS(=O)(=O)c1ccc(-c2cccnc2)nc1. The van der Waals surface area contributed by atoms with E-state index < -0.39 is 10.0 Å². The van der Waals surface area contributed by atoms with E-state index in [2.05, 4.69) is 9.97 Å². The first-order valence-electron chi connectivity index (χ1n) is 4.46. The summed E-state index contributed by atoms with van der Waals surface area (Å²) < 4.78 is 22.0. The van der Waals surface area contributed by atoms with Gasteiger partial charge in [0.2, 0.25) is 10.0 Å². The van der Waals surface area contributed by atoms with E-state index in [1.807, 2.05) is 6.07 Å². The summed E-state index contributed by atoms with van der Waals surface area (Å²) in [6.45, 7) is 0. The van der Waals surface area contributed by atoms with Gasteiger partial charge in [0.25, 0.3) is 0 Å². The number of aromatic nitrogens is 2. The van der Waals surface area contributed by atoms with E-state index in [4.69, 9.17) is 5.14 Å². The van der Waals surface area contributed by atoms with E-state index in [1.54, 1.807) is 24.5 Å². The minimum Gasteiger partial charge on any atom is -0.264 e. The Hall–Kier alpha value is -1.79. The van der Waals surface area contributed by atoms with Crippen molar-refractivity contribution in [2.24, 2.45) is 5.14 Å². The number of nitrogens with zero attached hydrogens (tertiary/aromatic N) is 2. The summed E-state index contributed by atoms with van der Waals surface area (Å²) in [6, 6.07) is 6.64. The molecule has 0 aliphatic heterocycles. The average molecular weight is 235 g/mol. The van der Waals surface area contributed by atoms with Crippen molar-refractivity contribution in [2.75, 3.05) is 0 Å². The summed E-state index contributed by atoms with van der Waals surface area (Å²) in [5.74, 6) is 0. The van der Waals surface area contributed by atoms with Crippen LogP contribution in [0.4, 0.5) is 0 Å². The number of sulfonamides is 1. The third-order valence-corrected chi connectivity index (χ3v) is 2.92. The summed E-state index contributed by atoms with van der Waals surface area (Å²) in [6.07, 6.45) is 4.54. The van der Waals surface area contributed by atoms with Gasteiger partial charge < -0.3 is 0 Å². The molecule has 82 valence electrons. The summed E-state index contributed by atoms with van der Waals surface area (Å²) in [5, 5.41) is 4.97. The smallest absolute Gasteiger partial charge is 0.239 e. The van der Waals surface area contributed by atoms with Crippen LogP contribution >= 0.6 is 0 Å². The molecule has 2 N–H and O–H groups in total. The number of primary sulfonamides is 1. The Balaban J connectivity index is 2.41. The van der Waals surface area contributed by atoms with Gasteiger partial charge in [0, 0.05) is 24.2 Å². The molecule has 0 atom stereocenters. The molecule has 0 amide bonds. The number of hydrogen-bond donors (Lipinski definition) is 1. The van der Waals surface area contributed by atoms with Crippen molar-refractivity contribution in [1.82, 2.24) is 9.97 Å². The van der Waals surface area contributed by atoms with Crippen LogP contribution in [0, 0.1) is 0 Å². The number of pyridine rings is 2. The fraction of sp³-hybridized carbons (Fsp3) is 0. The van der Waals surface area contributed by atoms with Crippen LogP contribution in [-0.2, 0) is 10.0 Å². The lowest BCUT2D eigenvalue weighted by Crippen LogP contribution is -2.12. The van der Waals surface area contributed by atoms with Gasteiger partial charge in [-0.05, 0) is 24.3 Å². The maximum atomic E-state index is 11.0. The maximum Gasteiger partial charge on any atom is 0.239 e. The first-order chi connectivity index (χ1) is 7.57. The van der Waals surface area contributed by atoms with E-state index in [-0.39, 0.29) is 4.90 Å². The maximum absolute atomic E-state index is 11.0. The van der Waals surface area contributed by atoms with Gasteiger partial charge in [-0.1, -0.05) is 0 Å². The highest BCUT2D eigenvalue weighted by Gasteiger charge is 2.08. The van der Waals surface area contributed by atoms with Crippen LogP contribution in [0.3, 0.4) is 0 Å². The van der Waals surface area contributed by atoms with Crippen LogP contribution in [-0.4, -0.2) is 18.4 Å². The third kappa shape index (κ3) is 2.23. The fourth-order valence-electron chi connectivity index (χ4n) is 1.23. The molecular weight excluding hydrogens is 226 g/mol. The van der Waals surface area contributed by atoms with E-state index in [9.17, 15) is 8.42 Å². The second-order valence-electron chi connectivity index (χ2n) is 3.17. The van der Waals surface area contributed by atoms with Gasteiger partial charge in [-0.2, -0.15) is 0 Å². The molecule has 2 aromatic heterocycles. The molecule has 0 fully saturated rings. The molecule has 0 aliphatic rings. The van der Waals surface area contributed by atoms with Crippen molar-refractivity contribution >= 4 is 10.0 Å². The van der Waals surface area contributed by atoms with Crippen molar-refractivity contribution in [3.8, 4) is 11.3 Å². The molecule has 0 saturated heterocycles. The zero-order valence-electron chi connectivity index (χ0n) is 8.24. The van der Waals surface area contributed by atoms with E-state index in [1.165, 1.54) is 12.3 Å². The van der Waals surface area contributed by atoms with Gasteiger partial charge >= 0.3 is 0 Å². The highest BCUT2D eigenvalue weighted by atomic mass is 32.2. The topological polar surface area (TPSA) is 85.9 Å². The van der Waals surface area contributed by atoms with Crippen molar-refractivity contribution in [2.45, 2.75) is 4.90 Å². The molecular formula is C10H9N3O2S. The standard InChI is InChI=1S/C10H9N3O2S/c11-16(14,15)9-3-4-10(13-7-9)8-2-1-5-12-6-8/h1-7H,(H2,11,14,15). The van der Waals surface area contributed by atoms with Crippen molar-refractivity contribution < 1.29 is 8.42 Å². The number of rotatable bonds is 2. The summed E-state index contributed by atoms with van der Waals surface area (Å²) in [4.78, 5) is 7.97. The van der Waals surface area contributed by atoms with Gasteiger partial charge in [0.05, 0.1) is 5.69 Å². The molecule has 5 nitrogen and oxygen atoms in total. The van der Waals surface area contributed by atoms with Crippen molar-refractivity contribution in [3.63, 3.8) is 0 Å². The molecule has 2 heterocycles. The molecule has 0 spiro atoms. The third-order valence-electron chi connectivity index (χ3n) is 2.02. The molecule has 2 aromatic rings. The predicted molar refractivity (Wildman–Crippen MR) is 58.8 cm³/mol. The molecule has 0 aliphatic carbocycles. The zero-order valence-corrected chi connectivity index (χ0v) is 9.05. The predicted octanol–water partition coefficient (Wildman–Crippen LogP) is 0.791. The lowest BCUT2D eigenvalue weighted by atomic mass is 10.2. The monoisotopic (exact) mass is 235 g/mol.